The molecule has 4 rings (SSSR count). The van der Waals surface area contributed by atoms with E-state index in [1.165, 1.54) is 17.1 Å². The zero-order valence-corrected chi connectivity index (χ0v) is 19.6. The molecule has 4 aromatic rings. The van der Waals surface area contributed by atoms with Crippen LogP contribution in [-0.4, -0.2) is 38.1 Å². The van der Waals surface area contributed by atoms with Crippen molar-refractivity contribution in [3.63, 3.8) is 0 Å². The van der Waals surface area contributed by atoms with E-state index in [0.29, 0.717) is 32.2 Å². The fourth-order valence-corrected chi connectivity index (χ4v) is 3.95. The maximum atomic E-state index is 12.5. The number of nitrogens with one attached hydrogen (secondary N) is 1. The Morgan fingerprint density at radius 1 is 1.17 bits per heavy atom. The van der Waals surface area contributed by atoms with Gasteiger partial charge in [0, 0.05) is 31.0 Å². The summed E-state index contributed by atoms with van der Waals surface area (Å²) >= 11 is 0. The highest BCUT2D eigenvalue weighted by atomic mass is 16.5. The predicted octanol–water partition coefficient (Wildman–Crippen LogP) is 3.49. The van der Waals surface area contributed by atoms with E-state index < -0.39 is 12.1 Å². The van der Waals surface area contributed by atoms with Crippen molar-refractivity contribution in [1.82, 2.24) is 14.1 Å². The van der Waals surface area contributed by atoms with Crippen LogP contribution >= 0.6 is 0 Å². The van der Waals surface area contributed by atoms with Crippen LogP contribution in [0.4, 0.5) is 5.69 Å². The number of benzene rings is 2. The summed E-state index contributed by atoms with van der Waals surface area (Å²) in [6, 6.07) is 15.6. The molecule has 0 bridgehead atoms. The summed E-state index contributed by atoms with van der Waals surface area (Å²) in [6.07, 6.45) is 6.26. The summed E-state index contributed by atoms with van der Waals surface area (Å²) in [5.41, 5.74) is 8.16. The van der Waals surface area contributed by atoms with Crippen LogP contribution in [0.5, 0.6) is 5.75 Å². The second-order valence-electron chi connectivity index (χ2n) is 8.37. The van der Waals surface area contributed by atoms with Crippen molar-refractivity contribution in [1.29, 1.82) is 0 Å². The van der Waals surface area contributed by atoms with Crippen molar-refractivity contribution >= 4 is 28.4 Å². The molecule has 2 heterocycles. The molecule has 182 valence electrons. The minimum Gasteiger partial charge on any atom is -0.497 e. The number of hydrogen-bond acceptors (Lipinski definition) is 5. The molecule has 1 unspecified atom stereocenters. The van der Waals surface area contributed by atoms with E-state index in [1.807, 2.05) is 54.7 Å². The molecule has 2 amide bonds. The van der Waals surface area contributed by atoms with Gasteiger partial charge < -0.3 is 30.0 Å². The van der Waals surface area contributed by atoms with Gasteiger partial charge in [-0.15, -0.1) is 0 Å². The van der Waals surface area contributed by atoms with Crippen molar-refractivity contribution in [2.75, 3.05) is 12.4 Å². The smallest absolute Gasteiger partial charge is 0.268 e. The molecule has 0 aliphatic rings. The molecule has 2 aromatic carbocycles. The number of nitrogens with zero attached hydrogens (tertiary/aromatic N) is 3. The minimum atomic E-state index is -0.794. The van der Waals surface area contributed by atoms with E-state index in [2.05, 4.69) is 14.9 Å². The Kier molecular flexibility index (Phi) is 7.47. The van der Waals surface area contributed by atoms with Crippen LogP contribution < -0.4 is 15.8 Å². The Morgan fingerprint density at radius 2 is 1.97 bits per heavy atom. The fourth-order valence-electron chi connectivity index (χ4n) is 3.95. The first-order chi connectivity index (χ1) is 16.9. The van der Waals surface area contributed by atoms with Gasteiger partial charge in [0.25, 0.3) is 5.91 Å². The zero-order valence-electron chi connectivity index (χ0n) is 19.6. The minimum absolute atomic E-state index is 0.0444. The monoisotopic (exact) mass is 475 g/mol. The number of hydrogen-bond donors (Lipinski definition) is 3. The van der Waals surface area contributed by atoms with Gasteiger partial charge in [0.05, 0.1) is 19.0 Å². The predicted molar refractivity (Wildman–Crippen MR) is 133 cm³/mol. The number of ether oxygens (including phenoxy) is 1. The SMILES string of the molecule is COc1ccc(CCC(=O)Nc2ccc3ccn(CCCC(O)n4cnc(C(N)=O)c4)c3c2)cc1. The van der Waals surface area contributed by atoms with E-state index in [0.717, 1.165) is 27.9 Å². The number of anilines is 1. The summed E-state index contributed by atoms with van der Waals surface area (Å²) in [5.74, 6) is 0.124. The Balaban J connectivity index is 1.31. The van der Waals surface area contributed by atoms with Crippen molar-refractivity contribution in [3.8, 4) is 5.75 Å². The van der Waals surface area contributed by atoms with Crippen molar-refractivity contribution in [3.05, 3.63) is 78.5 Å². The first kappa shape index (κ1) is 24.0. The van der Waals surface area contributed by atoms with Gasteiger partial charge in [0.1, 0.15) is 17.7 Å². The lowest BCUT2D eigenvalue weighted by molar-refractivity contribution is -0.116. The highest BCUT2D eigenvalue weighted by Gasteiger charge is 2.11. The molecule has 0 aliphatic heterocycles. The molecule has 0 fully saturated rings. The summed E-state index contributed by atoms with van der Waals surface area (Å²) in [7, 11) is 1.63. The Morgan fingerprint density at radius 3 is 2.69 bits per heavy atom. The summed E-state index contributed by atoms with van der Waals surface area (Å²) in [5, 5.41) is 14.4. The maximum absolute atomic E-state index is 12.5. The number of carbonyl (C=O) groups excluding carboxylic acids is 2. The number of amides is 2. The van der Waals surface area contributed by atoms with Gasteiger partial charge in [0.2, 0.25) is 5.91 Å². The highest BCUT2D eigenvalue weighted by molar-refractivity contribution is 5.94. The van der Waals surface area contributed by atoms with Gasteiger partial charge >= 0.3 is 0 Å². The van der Waals surface area contributed by atoms with Crippen LogP contribution in [0.1, 0.15) is 41.5 Å². The molecule has 0 saturated carbocycles. The number of carbonyl (C=O) groups is 2. The number of aliphatic hydroxyl groups is 1. The van der Waals surface area contributed by atoms with Gasteiger partial charge in [-0.2, -0.15) is 0 Å². The molecular formula is C26H29N5O4. The number of nitrogens with two attached hydrogens (primary N) is 1. The summed E-state index contributed by atoms with van der Waals surface area (Å²) < 4.78 is 8.74. The number of imidazole rings is 1. The normalized spacial score (nSPS) is 11.9. The second kappa shape index (κ2) is 10.9. The molecule has 0 aliphatic carbocycles. The van der Waals surface area contributed by atoms with Crippen LogP contribution in [0.3, 0.4) is 0 Å². The van der Waals surface area contributed by atoms with Gasteiger partial charge in [-0.3, -0.25) is 9.59 Å². The topological polar surface area (TPSA) is 124 Å². The van der Waals surface area contributed by atoms with E-state index in [4.69, 9.17) is 10.5 Å². The molecule has 0 saturated heterocycles. The Labute approximate surface area is 203 Å². The van der Waals surface area contributed by atoms with Gasteiger partial charge in [-0.1, -0.05) is 18.2 Å². The number of aromatic nitrogens is 3. The number of fused-ring (bicyclic) bond motifs is 1. The third-order valence-electron chi connectivity index (χ3n) is 5.92. The molecule has 0 radical (unpaired) electrons. The summed E-state index contributed by atoms with van der Waals surface area (Å²) in [6.45, 7) is 0.687. The first-order valence-corrected chi connectivity index (χ1v) is 11.5. The number of aliphatic hydroxyl groups excluding tert-OH is 1. The molecule has 9 heteroatoms. The maximum Gasteiger partial charge on any atom is 0.268 e. The van der Waals surface area contributed by atoms with Crippen molar-refractivity contribution in [2.45, 2.75) is 38.5 Å². The van der Waals surface area contributed by atoms with Crippen molar-refractivity contribution in [2.24, 2.45) is 5.73 Å². The van der Waals surface area contributed by atoms with Crippen LogP contribution in [-0.2, 0) is 17.8 Å². The third kappa shape index (κ3) is 6.07. The highest BCUT2D eigenvalue weighted by Crippen LogP contribution is 2.22. The van der Waals surface area contributed by atoms with E-state index in [-0.39, 0.29) is 11.6 Å². The van der Waals surface area contributed by atoms with Crippen LogP contribution in [0.2, 0.25) is 0 Å². The first-order valence-electron chi connectivity index (χ1n) is 11.5. The average molecular weight is 476 g/mol. The second-order valence-corrected chi connectivity index (χ2v) is 8.37. The molecule has 35 heavy (non-hydrogen) atoms. The van der Waals surface area contributed by atoms with Gasteiger partial charge in [0.15, 0.2) is 0 Å². The lowest BCUT2D eigenvalue weighted by Gasteiger charge is -2.13. The number of methoxy groups -OCH3 is 1. The van der Waals surface area contributed by atoms with Gasteiger partial charge in [-0.05, 0) is 60.5 Å². The van der Waals surface area contributed by atoms with Gasteiger partial charge in [-0.25, -0.2) is 4.98 Å². The van der Waals surface area contributed by atoms with E-state index >= 15 is 0 Å². The zero-order chi connectivity index (χ0) is 24.8. The molecule has 2 aromatic heterocycles. The molecule has 0 spiro atoms. The molecular weight excluding hydrogens is 446 g/mol. The summed E-state index contributed by atoms with van der Waals surface area (Å²) in [4.78, 5) is 27.6. The Hall–Kier alpha value is -4.11. The van der Waals surface area contributed by atoms with Crippen LogP contribution in [0, 0.1) is 0 Å². The van der Waals surface area contributed by atoms with Crippen LogP contribution in [0.25, 0.3) is 10.9 Å². The fraction of sp³-hybridized carbons (Fsp3) is 0.269. The number of primary amides is 1. The lowest BCUT2D eigenvalue weighted by Crippen LogP contribution is -2.12. The standard InChI is InChI=1S/C26H29N5O4/c1-35-21-9-4-18(5-10-21)6-11-24(32)29-20-8-7-19-12-14-30(23(19)15-20)13-2-3-25(33)31-16-22(26(27)34)28-17-31/h4-5,7-10,12,14-17,25,33H,2-3,6,11,13H2,1H3,(H2,27,34)(H,29,32). The van der Waals surface area contributed by atoms with Crippen LogP contribution in [0.15, 0.2) is 67.3 Å². The third-order valence-corrected chi connectivity index (χ3v) is 5.92. The lowest BCUT2D eigenvalue weighted by atomic mass is 10.1. The largest absolute Gasteiger partial charge is 0.497 e. The molecule has 9 nitrogen and oxygen atoms in total. The quantitative estimate of drug-likeness (QED) is 0.306. The van der Waals surface area contributed by atoms with E-state index in [9.17, 15) is 14.7 Å². The Bertz CT molecular complexity index is 1310. The molecule has 4 N–H and O–H groups in total. The number of aryl methyl sites for hydroxylation is 2. The number of rotatable bonds is 11. The van der Waals surface area contributed by atoms with Crippen molar-refractivity contribution < 1.29 is 19.4 Å². The average Bonchev–Trinajstić information content (AvgIpc) is 3.51. The molecule has 1 atom stereocenters. The van der Waals surface area contributed by atoms with E-state index in [1.54, 1.807) is 7.11 Å².